The summed E-state index contributed by atoms with van der Waals surface area (Å²) in [5.41, 5.74) is 1.81. The van der Waals surface area contributed by atoms with Gasteiger partial charge in [0.2, 0.25) is 0 Å². The van der Waals surface area contributed by atoms with Gasteiger partial charge in [-0.15, -0.1) is 0 Å². The maximum atomic E-state index is 13.5. The van der Waals surface area contributed by atoms with Crippen LogP contribution in [0.2, 0.25) is 0 Å². The molecule has 7 heteroatoms. The van der Waals surface area contributed by atoms with E-state index in [0.29, 0.717) is 17.8 Å². The van der Waals surface area contributed by atoms with Crippen LogP contribution in [0, 0.1) is 5.82 Å². The first-order valence-electron chi connectivity index (χ1n) is 6.66. The molecule has 22 heavy (non-hydrogen) atoms. The van der Waals surface area contributed by atoms with Gasteiger partial charge in [-0.3, -0.25) is 4.72 Å². The fourth-order valence-electron chi connectivity index (χ4n) is 1.74. The molecule has 0 heterocycles. The van der Waals surface area contributed by atoms with Crippen LogP contribution in [0.4, 0.5) is 15.8 Å². The molecule has 2 aromatic rings. The van der Waals surface area contributed by atoms with Crippen molar-refractivity contribution in [2.75, 3.05) is 24.1 Å². The average molecular weight is 323 g/mol. The molecular weight excluding hydrogens is 305 g/mol. The fourth-order valence-corrected chi connectivity index (χ4v) is 2.35. The molecule has 118 valence electrons. The summed E-state index contributed by atoms with van der Waals surface area (Å²) in [5, 5.41) is 3.09. The maximum Gasteiger partial charge on any atom is 0.301 e. The van der Waals surface area contributed by atoms with Gasteiger partial charge in [0.15, 0.2) is 0 Å². The van der Waals surface area contributed by atoms with Crippen LogP contribution in [0.25, 0.3) is 0 Å². The number of rotatable bonds is 6. The first-order chi connectivity index (χ1) is 10.4. The maximum absolute atomic E-state index is 13.5. The second-order valence-electron chi connectivity index (χ2n) is 4.91. The molecule has 0 radical (unpaired) electrons. The van der Waals surface area contributed by atoms with E-state index in [1.54, 1.807) is 42.5 Å². The zero-order valence-electron chi connectivity index (χ0n) is 12.4. The molecule has 0 aromatic heterocycles. The Bertz CT molecular complexity index is 731. The van der Waals surface area contributed by atoms with Gasteiger partial charge in [-0.2, -0.15) is 12.7 Å². The van der Waals surface area contributed by atoms with Crippen LogP contribution in [0.1, 0.15) is 5.56 Å². The lowest BCUT2D eigenvalue weighted by molar-refractivity contribution is 0.527. The van der Waals surface area contributed by atoms with Crippen LogP contribution in [0.3, 0.4) is 0 Å². The van der Waals surface area contributed by atoms with Gasteiger partial charge in [0.05, 0.1) is 0 Å². The van der Waals surface area contributed by atoms with E-state index in [1.165, 1.54) is 20.2 Å². The molecule has 0 amide bonds. The van der Waals surface area contributed by atoms with Crippen molar-refractivity contribution in [3.8, 4) is 0 Å². The smallest absolute Gasteiger partial charge is 0.301 e. The summed E-state index contributed by atoms with van der Waals surface area (Å²) in [6.07, 6.45) is 0. The van der Waals surface area contributed by atoms with Crippen molar-refractivity contribution in [2.45, 2.75) is 6.54 Å². The van der Waals surface area contributed by atoms with Crippen molar-refractivity contribution in [1.29, 1.82) is 0 Å². The molecule has 2 aromatic carbocycles. The van der Waals surface area contributed by atoms with E-state index in [9.17, 15) is 12.8 Å². The number of nitrogens with zero attached hydrogens (tertiary/aromatic N) is 1. The summed E-state index contributed by atoms with van der Waals surface area (Å²) in [6, 6.07) is 13.3. The molecule has 0 unspecified atom stereocenters. The van der Waals surface area contributed by atoms with Crippen LogP contribution < -0.4 is 10.0 Å². The van der Waals surface area contributed by atoms with Gasteiger partial charge in [0.25, 0.3) is 0 Å². The van der Waals surface area contributed by atoms with Gasteiger partial charge in [0.1, 0.15) is 5.82 Å². The summed E-state index contributed by atoms with van der Waals surface area (Å²) in [4.78, 5) is 0. The number of hydrogen-bond donors (Lipinski definition) is 2. The highest BCUT2D eigenvalue weighted by Gasteiger charge is 2.12. The predicted molar refractivity (Wildman–Crippen MR) is 86.4 cm³/mol. The van der Waals surface area contributed by atoms with E-state index in [0.717, 1.165) is 9.99 Å². The molecule has 0 spiro atoms. The predicted octanol–water partition coefficient (Wildman–Crippen LogP) is 2.66. The van der Waals surface area contributed by atoms with E-state index in [-0.39, 0.29) is 5.82 Å². The minimum Gasteiger partial charge on any atom is -0.381 e. The molecule has 0 saturated carbocycles. The Hall–Kier alpha value is -2.12. The first-order valence-corrected chi connectivity index (χ1v) is 8.10. The van der Waals surface area contributed by atoms with Crippen LogP contribution in [0.15, 0.2) is 48.5 Å². The monoisotopic (exact) mass is 323 g/mol. The molecule has 0 aliphatic heterocycles. The summed E-state index contributed by atoms with van der Waals surface area (Å²) >= 11 is 0. The molecular formula is C15H18FN3O2S. The third-order valence-corrected chi connectivity index (χ3v) is 4.51. The summed E-state index contributed by atoms with van der Waals surface area (Å²) in [6.45, 7) is 0.357. The Kier molecular flexibility index (Phi) is 4.99. The third kappa shape index (κ3) is 4.19. The van der Waals surface area contributed by atoms with Crippen molar-refractivity contribution in [3.05, 3.63) is 59.9 Å². The summed E-state index contributed by atoms with van der Waals surface area (Å²) in [5.74, 6) is -0.259. The standard InChI is InChI=1S/C15H18FN3O2S/c1-19(2)22(20,21)18-14-9-7-13(8-10-14)17-11-12-5-3-4-6-15(12)16/h3-10,17-18H,11H2,1-2H3. The molecule has 0 aliphatic rings. The van der Waals surface area contributed by atoms with Crippen molar-refractivity contribution >= 4 is 21.6 Å². The Balaban J connectivity index is 1.99. The van der Waals surface area contributed by atoms with Gasteiger partial charge in [0, 0.05) is 37.6 Å². The largest absolute Gasteiger partial charge is 0.381 e. The average Bonchev–Trinajstić information content (AvgIpc) is 2.47. The minimum atomic E-state index is -3.51. The van der Waals surface area contributed by atoms with Crippen molar-refractivity contribution < 1.29 is 12.8 Å². The molecule has 2 rings (SSSR count). The first kappa shape index (κ1) is 16.3. The lowest BCUT2D eigenvalue weighted by Gasteiger charge is -2.14. The third-order valence-electron chi connectivity index (χ3n) is 3.05. The minimum absolute atomic E-state index is 0.259. The lowest BCUT2D eigenvalue weighted by Crippen LogP contribution is -2.28. The topological polar surface area (TPSA) is 61.4 Å². The highest BCUT2D eigenvalue weighted by molar-refractivity contribution is 7.90. The van der Waals surface area contributed by atoms with Crippen molar-refractivity contribution in [3.63, 3.8) is 0 Å². The van der Waals surface area contributed by atoms with Gasteiger partial charge in [-0.25, -0.2) is 4.39 Å². The van der Waals surface area contributed by atoms with Gasteiger partial charge in [-0.05, 0) is 30.3 Å². The molecule has 0 bridgehead atoms. The van der Waals surface area contributed by atoms with Crippen molar-refractivity contribution in [1.82, 2.24) is 4.31 Å². The van der Waals surface area contributed by atoms with Crippen LogP contribution in [0.5, 0.6) is 0 Å². The second-order valence-corrected chi connectivity index (χ2v) is 6.80. The van der Waals surface area contributed by atoms with Gasteiger partial charge in [-0.1, -0.05) is 18.2 Å². The molecule has 5 nitrogen and oxygen atoms in total. The number of nitrogens with one attached hydrogen (secondary N) is 2. The van der Waals surface area contributed by atoms with E-state index < -0.39 is 10.2 Å². The van der Waals surface area contributed by atoms with E-state index in [1.807, 2.05) is 0 Å². The van der Waals surface area contributed by atoms with Crippen LogP contribution in [-0.4, -0.2) is 26.8 Å². The zero-order valence-corrected chi connectivity index (χ0v) is 13.2. The Labute approximate surface area is 130 Å². The highest BCUT2D eigenvalue weighted by Crippen LogP contribution is 2.16. The number of benzene rings is 2. The van der Waals surface area contributed by atoms with Gasteiger partial charge < -0.3 is 5.32 Å². The second kappa shape index (κ2) is 6.76. The van der Waals surface area contributed by atoms with E-state index in [2.05, 4.69) is 10.0 Å². The van der Waals surface area contributed by atoms with Gasteiger partial charge >= 0.3 is 10.2 Å². The lowest BCUT2D eigenvalue weighted by atomic mass is 10.2. The SMILES string of the molecule is CN(C)S(=O)(=O)Nc1ccc(NCc2ccccc2F)cc1. The molecule has 0 aliphatic carbocycles. The highest BCUT2D eigenvalue weighted by atomic mass is 32.2. The number of hydrogen-bond acceptors (Lipinski definition) is 3. The fraction of sp³-hybridized carbons (Fsp3) is 0.200. The molecule has 0 saturated heterocycles. The van der Waals surface area contributed by atoms with Crippen molar-refractivity contribution in [2.24, 2.45) is 0 Å². The summed E-state index contributed by atoms with van der Waals surface area (Å²) in [7, 11) is -0.610. The Morgan fingerprint density at radius 2 is 1.59 bits per heavy atom. The zero-order chi connectivity index (χ0) is 16.2. The van der Waals surface area contributed by atoms with E-state index in [4.69, 9.17) is 0 Å². The quantitative estimate of drug-likeness (QED) is 0.859. The number of halogens is 1. The van der Waals surface area contributed by atoms with E-state index >= 15 is 0 Å². The Morgan fingerprint density at radius 3 is 2.18 bits per heavy atom. The Morgan fingerprint density at radius 1 is 1.00 bits per heavy atom. The molecule has 0 atom stereocenters. The number of anilines is 2. The normalized spacial score (nSPS) is 11.5. The molecule has 0 fully saturated rings. The van der Waals surface area contributed by atoms with Crippen LogP contribution >= 0.6 is 0 Å². The summed E-state index contributed by atoms with van der Waals surface area (Å²) < 4.78 is 40.4. The van der Waals surface area contributed by atoms with Crippen LogP contribution in [-0.2, 0) is 16.8 Å². The molecule has 2 N–H and O–H groups in total.